The highest BCUT2D eigenvalue weighted by Gasteiger charge is 2.36. The van der Waals surface area contributed by atoms with Crippen molar-refractivity contribution < 1.29 is 9.53 Å². The topological polar surface area (TPSA) is 29.5 Å². The van der Waals surface area contributed by atoms with Crippen molar-refractivity contribution in [2.24, 2.45) is 0 Å². The first kappa shape index (κ1) is 10.1. The summed E-state index contributed by atoms with van der Waals surface area (Å²) in [5, 5.41) is 0. The van der Waals surface area contributed by atoms with E-state index in [4.69, 9.17) is 4.74 Å². The zero-order valence-corrected chi connectivity index (χ0v) is 8.92. The summed E-state index contributed by atoms with van der Waals surface area (Å²) in [7, 11) is 0. The molecule has 0 N–H and O–H groups in total. The number of nitrogens with zero attached hydrogens (tertiary/aromatic N) is 1. The number of Topliss-reactive ketones (excluding diaryl/α,β-unsaturated/α-hetero) is 1. The first-order chi connectivity index (χ1) is 6.71. The highest BCUT2D eigenvalue weighted by atomic mass is 16.5. The minimum Gasteiger partial charge on any atom is -0.379 e. The number of carbonyl (C=O) groups excluding carboxylic acids is 1. The number of rotatable bonds is 1. The van der Waals surface area contributed by atoms with Crippen molar-refractivity contribution in [2.45, 2.75) is 38.1 Å². The third-order valence-electron chi connectivity index (χ3n) is 3.66. The van der Waals surface area contributed by atoms with Crippen molar-refractivity contribution in [1.82, 2.24) is 4.90 Å². The van der Waals surface area contributed by atoms with E-state index >= 15 is 0 Å². The average Bonchev–Trinajstić information content (AvgIpc) is 2.24. The SMILES string of the molecule is CC1(N2CCOCC2)CCC(=O)CC1. The van der Waals surface area contributed by atoms with Crippen molar-refractivity contribution in [3.05, 3.63) is 0 Å². The molecule has 0 aromatic heterocycles. The van der Waals surface area contributed by atoms with E-state index in [1.807, 2.05) is 0 Å². The smallest absolute Gasteiger partial charge is 0.133 e. The van der Waals surface area contributed by atoms with E-state index in [9.17, 15) is 4.79 Å². The third kappa shape index (κ3) is 1.98. The summed E-state index contributed by atoms with van der Waals surface area (Å²) in [6.07, 6.45) is 3.61. The van der Waals surface area contributed by atoms with Crippen LogP contribution in [0.2, 0.25) is 0 Å². The van der Waals surface area contributed by atoms with Crippen LogP contribution < -0.4 is 0 Å². The maximum atomic E-state index is 11.2. The molecule has 1 aliphatic heterocycles. The predicted octanol–water partition coefficient (Wildman–Crippen LogP) is 1.22. The molecule has 1 saturated heterocycles. The van der Waals surface area contributed by atoms with Gasteiger partial charge >= 0.3 is 0 Å². The van der Waals surface area contributed by atoms with Crippen LogP contribution in [0.4, 0.5) is 0 Å². The molecule has 1 aliphatic carbocycles. The number of hydrogen-bond donors (Lipinski definition) is 0. The van der Waals surface area contributed by atoms with Crippen LogP contribution in [0.25, 0.3) is 0 Å². The fraction of sp³-hybridized carbons (Fsp3) is 0.909. The van der Waals surface area contributed by atoms with Gasteiger partial charge in [0, 0.05) is 31.5 Å². The Bertz CT molecular complexity index is 211. The van der Waals surface area contributed by atoms with E-state index in [2.05, 4.69) is 11.8 Å². The highest BCUT2D eigenvalue weighted by molar-refractivity contribution is 5.79. The maximum Gasteiger partial charge on any atom is 0.133 e. The molecule has 2 fully saturated rings. The molecule has 14 heavy (non-hydrogen) atoms. The molecule has 1 saturated carbocycles. The van der Waals surface area contributed by atoms with E-state index in [1.54, 1.807) is 0 Å². The summed E-state index contributed by atoms with van der Waals surface area (Å²) < 4.78 is 5.35. The standard InChI is InChI=1S/C11H19NO2/c1-11(4-2-10(13)3-5-11)12-6-8-14-9-7-12/h2-9H2,1H3. The maximum absolute atomic E-state index is 11.2. The molecule has 0 unspecified atom stereocenters. The van der Waals surface area contributed by atoms with Gasteiger partial charge in [-0.2, -0.15) is 0 Å². The van der Waals surface area contributed by atoms with Gasteiger partial charge in [-0.25, -0.2) is 0 Å². The number of ketones is 1. The number of hydrogen-bond acceptors (Lipinski definition) is 3. The van der Waals surface area contributed by atoms with E-state index in [-0.39, 0.29) is 5.54 Å². The van der Waals surface area contributed by atoms with Crippen LogP contribution in [0.3, 0.4) is 0 Å². The molecule has 0 atom stereocenters. The van der Waals surface area contributed by atoms with Crippen LogP contribution in [0.15, 0.2) is 0 Å². The lowest BCUT2D eigenvalue weighted by Crippen LogP contribution is -2.53. The largest absolute Gasteiger partial charge is 0.379 e. The first-order valence-corrected chi connectivity index (χ1v) is 5.55. The van der Waals surface area contributed by atoms with Crippen LogP contribution in [-0.2, 0) is 9.53 Å². The molecule has 3 nitrogen and oxygen atoms in total. The van der Waals surface area contributed by atoms with Crippen LogP contribution >= 0.6 is 0 Å². The van der Waals surface area contributed by atoms with Gasteiger partial charge in [-0.1, -0.05) is 0 Å². The monoisotopic (exact) mass is 197 g/mol. The Morgan fingerprint density at radius 3 is 2.36 bits per heavy atom. The third-order valence-corrected chi connectivity index (χ3v) is 3.66. The summed E-state index contributed by atoms with van der Waals surface area (Å²) in [5.74, 6) is 0.440. The van der Waals surface area contributed by atoms with Gasteiger partial charge in [0.05, 0.1) is 13.2 Å². The second kappa shape index (κ2) is 3.99. The zero-order chi connectivity index (χ0) is 10.0. The molecule has 0 amide bonds. The summed E-state index contributed by atoms with van der Waals surface area (Å²) in [6.45, 7) is 6.06. The summed E-state index contributed by atoms with van der Waals surface area (Å²) in [6, 6.07) is 0. The van der Waals surface area contributed by atoms with Crippen molar-refractivity contribution >= 4 is 5.78 Å². The molecule has 3 heteroatoms. The highest BCUT2D eigenvalue weighted by Crippen LogP contribution is 2.32. The van der Waals surface area contributed by atoms with Crippen LogP contribution in [0.1, 0.15) is 32.6 Å². The van der Waals surface area contributed by atoms with Gasteiger partial charge in [0.1, 0.15) is 5.78 Å². The van der Waals surface area contributed by atoms with Crippen molar-refractivity contribution in [3.8, 4) is 0 Å². The predicted molar refractivity (Wildman–Crippen MR) is 54.3 cm³/mol. The molecule has 0 aromatic carbocycles. The molecular weight excluding hydrogens is 178 g/mol. The van der Waals surface area contributed by atoms with Gasteiger partial charge < -0.3 is 4.74 Å². The molecule has 2 aliphatic rings. The number of carbonyl (C=O) groups is 1. The van der Waals surface area contributed by atoms with Gasteiger partial charge in [0.25, 0.3) is 0 Å². The Balaban J connectivity index is 1.96. The van der Waals surface area contributed by atoms with Crippen LogP contribution in [-0.4, -0.2) is 42.5 Å². The minimum atomic E-state index is 0.262. The first-order valence-electron chi connectivity index (χ1n) is 5.55. The Morgan fingerprint density at radius 2 is 1.79 bits per heavy atom. The van der Waals surface area contributed by atoms with Crippen LogP contribution in [0, 0.1) is 0 Å². The quantitative estimate of drug-likeness (QED) is 0.633. The fourth-order valence-electron chi connectivity index (χ4n) is 2.49. The van der Waals surface area contributed by atoms with Crippen molar-refractivity contribution in [3.63, 3.8) is 0 Å². The van der Waals surface area contributed by atoms with Crippen molar-refractivity contribution in [2.75, 3.05) is 26.3 Å². The molecule has 0 aromatic rings. The fourth-order valence-corrected chi connectivity index (χ4v) is 2.49. The second-order valence-electron chi connectivity index (χ2n) is 4.64. The lowest BCUT2D eigenvalue weighted by atomic mass is 9.81. The lowest BCUT2D eigenvalue weighted by molar-refractivity contribution is -0.123. The van der Waals surface area contributed by atoms with E-state index in [0.29, 0.717) is 5.78 Å². The Morgan fingerprint density at radius 1 is 1.21 bits per heavy atom. The molecule has 0 spiro atoms. The van der Waals surface area contributed by atoms with Gasteiger partial charge in [0.15, 0.2) is 0 Å². The van der Waals surface area contributed by atoms with Gasteiger partial charge in [-0.15, -0.1) is 0 Å². The lowest BCUT2D eigenvalue weighted by Gasteiger charge is -2.45. The minimum absolute atomic E-state index is 0.262. The van der Waals surface area contributed by atoms with Gasteiger partial charge in [-0.3, -0.25) is 9.69 Å². The van der Waals surface area contributed by atoms with Crippen molar-refractivity contribution in [1.29, 1.82) is 0 Å². The zero-order valence-electron chi connectivity index (χ0n) is 8.92. The molecule has 80 valence electrons. The Kier molecular flexibility index (Phi) is 2.88. The van der Waals surface area contributed by atoms with Gasteiger partial charge in [-0.05, 0) is 19.8 Å². The average molecular weight is 197 g/mol. The summed E-state index contributed by atoms with van der Waals surface area (Å²) >= 11 is 0. The Hall–Kier alpha value is -0.410. The number of ether oxygens (including phenoxy) is 1. The van der Waals surface area contributed by atoms with E-state index < -0.39 is 0 Å². The molecule has 1 heterocycles. The van der Waals surface area contributed by atoms with Gasteiger partial charge in [0.2, 0.25) is 0 Å². The number of morpholine rings is 1. The summed E-state index contributed by atoms with van der Waals surface area (Å²) in [4.78, 5) is 13.7. The molecular formula is C11H19NO2. The second-order valence-corrected chi connectivity index (χ2v) is 4.64. The van der Waals surface area contributed by atoms with E-state index in [0.717, 1.165) is 52.0 Å². The molecule has 0 radical (unpaired) electrons. The molecule has 2 rings (SSSR count). The Labute approximate surface area is 85.4 Å². The summed E-state index contributed by atoms with van der Waals surface area (Å²) in [5.41, 5.74) is 0.262. The molecule has 0 bridgehead atoms. The van der Waals surface area contributed by atoms with Crippen LogP contribution in [0.5, 0.6) is 0 Å². The van der Waals surface area contributed by atoms with E-state index in [1.165, 1.54) is 0 Å². The normalized spacial score (nSPS) is 29.1.